The average molecular weight is 400 g/mol. The number of ether oxygens (including phenoxy) is 2. The molecule has 0 spiro atoms. The second kappa shape index (κ2) is 11.7. The van der Waals surface area contributed by atoms with E-state index >= 15 is 0 Å². The molecule has 0 bridgehead atoms. The van der Waals surface area contributed by atoms with E-state index in [0.29, 0.717) is 6.61 Å². The normalized spacial score (nSPS) is 23.7. The molecule has 162 valence electrons. The number of benzene rings is 1. The van der Waals surface area contributed by atoms with Crippen LogP contribution in [0.1, 0.15) is 90.7 Å². The van der Waals surface area contributed by atoms with Crippen LogP contribution in [-0.4, -0.2) is 24.7 Å². The van der Waals surface area contributed by atoms with Crippen molar-refractivity contribution in [3.05, 3.63) is 48.6 Å². The molecule has 3 atom stereocenters. The zero-order valence-electron chi connectivity index (χ0n) is 19.0. The molecule has 0 saturated carbocycles. The Balaban J connectivity index is 1.95. The molecule has 1 aliphatic heterocycles. The van der Waals surface area contributed by atoms with Gasteiger partial charge in [-0.3, -0.25) is 4.99 Å². The number of hydrogen-bond donors (Lipinski definition) is 0. The molecule has 1 heterocycles. The summed E-state index contributed by atoms with van der Waals surface area (Å²) in [4.78, 5) is 4.94. The molecule has 3 heteroatoms. The molecule has 3 nitrogen and oxygen atoms in total. The van der Waals surface area contributed by atoms with Crippen LogP contribution in [0.15, 0.2) is 48.0 Å². The highest BCUT2D eigenvalue weighted by atomic mass is 16.7. The molecule has 0 radical (unpaired) electrons. The van der Waals surface area contributed by atoms with Crippen LogP contribution in [0.25, 0.3) is 0 Å². The first kappa shape index (κ1) is 23.8. The van der Waals surface area contributed by atoms with E-state index in [1.165, 1.54) is 44.9 Å². The molecule has 0 aliphatic carbocycles. The maximum Gasteiger partial charge on any atom is 0.163 e. The van der Waals surface area contributed by atoms with Crippen LogP contribution in [-0.2, 0) is 9.47 Å². The maximum absolute atomic E-state index is 6.25. The van der Waals surface area contributed by atoms with E-state index in [0.717, 1.165) is 12.0 Å². The van der Waals surface area contributed by atoms with Gasteiger partial charge < -0.3 is 9.47 Å². The lowest BCUT2D eigenvalue weighted by Gasteiger charge is -2.40. The van der Waals surface area contributed by atoms with Gasteiger partial charge in [0.05, 0.1) is 6.61 Å². The molecule has 1 aliphatic rings. The van der Waals surface area contributed by atoms with Crippen molar-refractivity contribution in [1.29, 1.82) is 0 Å². The van der Waals surface area contributed by atoms with Gasteiger partial charge >= 0.3 is 0 Å². The van der Waals surface area contributed by atoms with Crippen molar-refractivity contribution in [2.45, 2.75) is 97.0 Å². The molecule has 0 amide bonds. The summed E-state index contributed by atoms with van der Waals surface area (Å²) >= 11 is 0. The standard InChI is InChI=1S/C26H41NO2/c1-6-8-9-10-11-12-16-19-26(5,7-2)21-27-23-20-28-25(3,4)29-24(23)22-17-14-13-15-18-22/h7,13-15,17-18,21,23-24H,2,6,8-12,16,19-20H2,1,3-5H3/t23-,24-,26+/m0/s1. The first-order chi connectivity index (χ1) is 13.9. The highest BCUT2D eigenvalue weighted by molar-refractivity contribution is 5.68. The predicted molar refractivity (Wildman–Crippen MR) is 123 cm³/mol. The zero-order valence-corrected chi connectivity index (χ0v) is 19.0. The van der Waals surface area contributed by atoms with Gasteiger partial charge in [0.15, 0.2) is 5.79 Å². The molecule has 0 unspecified atom stereocenters. The fourth-order valence-electron chi connectivity index (χ4n) is 3.79. The van der Waals surface area contributed by atoms with Gasteiger partial charge in [-0.2, -0.15) is 0 Å². The Labute approximate surface area is 178 Å². The highest BCUT2D eigenvalue weighted by Gasteiger charge is 2.37. The van der Waals surface area contributed by atoms with Crippen molar-refractivity contribution in [3.63, 3.8) is 0 Å². The van der Waals surface area contributed by atoms with Gasteiger partial charge in [0.1, 0.15) is 12.1 Å². The Bertz CT molecular complexity index is 625. The van der Waals surface area contributed by atoms with E-state index in [9.17, 15) is 0 Å². The summed E-state index contributed by atoms with van der Waals surface area (Å²) < 4.78 is 12.2. The van der Waals surface area contributed by atoms with E-state index in [1.807, 2.05) is 26.0 Å². The van der Waals surface area contributed by atoms with Crippen molar-refractivity contribution in [1.82, 2.24) is 0 Å². The highest BCUT2D eigenvalue weighted by Crippen LogP contribution is 2.35. The third-order valence-corrected chi connectivity index (χ3v) is 5.84. The fourth-order valence-corrected chi connectivity index (χ4v) is 3.79. The number of unbranched alkanes of at least 4 members (excludes halogenated alkanes) is 6. The zero-order chi connectivity index (χ0) is 21.2. The van der Waals surface area contributed by atoms with Gasteiger partial charge in [-0.1, -0.05) is 95.2 Å². The monoisotopic (exact) mass is 399 g/mol. The second-order valence-corrected chi connectivity index (χ2v) is 9.09. The molecule has 0 N–H and O–H groups in total. The minimum atomic E-state index is -0.591. The van der Waals surface area contributed by atoms with Crippen LogP contribution >= 0.6 is 0 Å². The molecule has 1 saturated heterocycles. The maximum atomic E-state index is 6.25. The third-order valence-electron chi connectivity index (χ3n) is 5.84. The lowest BCUT2D eigenvalue weighted by atomic mass is 9.85. The lowest BCUT2D eigenvalue weighted by Crippen LogP contribution is -2.43. The number of aliphatic imine (C=N–C) groups is 1. The van der Waals surface area contributed by atoms with Gasteiger partial charge in [0.25, 0.3) is 0 Å². The Morgan fingerprint density at radius 1 is 1.10 bits per heavy atom. The number of hydrogen-bond acceptors (Lipinski definition) is 3. The first-order valence-electron chi connectivity index (χ1n) is 11.4. The van der Waals surface area contributed by atoms with E-state index in [-0.39, 0.29) is 17.6 Å². The Hall–Kier alpha value is -1.45. The topological polar surface area (TPSA) is 30.8 Å². The van der Waals surface area contributed by atoms with Crippen LogP contribution in [0.4, 0.5) is 0 Å². The van der Waals surface area contributed by atoms with Crippen LogP contribution < -0.4 is 0 Å². The SMILES string of the molecule is C=C[C@@](C)(C=N[C@H]1COC(C)(C)O[C@H]1c1ccccc1)CCCCCCCCC. The van der Waals surface area contributed by atoms with Crippen molar-refractivity contribution < 1.29 is 9.47 Å². The molecular formula is C26H41NO2. The van der Waals surface area contributed by atoms with Crippen LogP contribution in [0.5, 0.6) is 0 Å². The van der Waals surface area contributed by atoms with Crippen LogP contribution in [0.2, 0.25) is 0 Å². The molecule has 1 aromatic carbocycles. The summed E-state index contributed by atoms with van der Waals surface area (Å²) in [5, 5.41) is 0. The fraction of sp³-hybridized carbons (Fsp3) is 0.654. The third kappa shape index (κ3) is 8.06. The molecule has 1 aromatic rings. The Morgan fingerprint density at radius 2 is 1.76 bits per heavy atom. The summed E-state index contributed by atoms with van der Waals surface area (Å²) in [5.41, 5.74) is 1.07. The van der Waals surface area contributed by atoms with Crippen LogP contribution in [0.3, 0.4) is 0 Å². The summed E-state index contributed by atoms with van der Waals surface area (Å²) in [6.07, 6.45) is 14.4. The van der Waals surface area contributed by atoms with Gasteiger partial charge in [-0.15, -0.1) is 6.58 Å². The minimum absolute atomic E-state index is 0.0428. The summed E-state index contributed by atoms with van der Waals surface area (Å²) in [7, 11) is 0. The number of allylic oxidation sites excluding steroid dienone is 1. The van der Waals surface area contributed by atoms with Crippen molar-refractivity contribution in [3.8, 4) is 0 Å². The van der Waals surface area contributed by atoms with Crippen molar-refractivity contribution >= 4 is 6.21 Å². The summed E-state index contributed by atoms with van der Waals surface area (Å²) in [6, 6.07) is 10.3. The lowest BCUT2D eigenvalue weighted by molar-refractivity contribution is -0.281. The van der Waals surface area contributed by atoms with Gasteiger partial charge in [-0.05, 0) is 25.8 Å². The Kier molecular flexibility index (Phi) is 9.58. The van der Waals surface area contributed by atoms with Crippen molar-refractivity contribution in [2.24, 2.45) is 10.4 Å². The average Bonchev–Trinajstić information content (AvgIpc) is 2.72. The first-order valence-corrected chi connectivity index (χ1v) is 11.4. The minimum Gasteiger partial charge on any atom is -0.348 e. The molecule has 1 fully saturated rings. The molecule has 29 heavy (non-hydrogen) atoms. The largest absolute Gasteiger partial charge is 0.348 e. The summed E-state index contributed by atoms with van der Waals surface area (Å²) in [5.74, 6) is -0.591. The van der Waals surface area contributed by atoms with Crippen LogP contribution in [0, 0.1) is 5.41 Å². The molecule has 2 rings (SSSR count). The quantitative estimate of drug-likeness (QED) is 0.210. The van der Waals surface area contributed by atoms with Gasteiger partial charge in [0, 0.05) is 11.6 Å². The second-order valence-electron chi connectivity index (χ2n) is 9.09. The number of rotatable bonds is 12. The smallest absolute Gasteiger partial charge is 0.163 e. The Morgan fingerprint density at radius 3 is 2.41 bits per heavy atom. The van der Waals surface area contributed by atoms with Crippen molar-refractivity contribution in [2.75, 3.05) is 6.61 Å². The molecule has 0 aromatic heterocycles. The van der Waals surface area contributed by atoms with Gasteiger partial charge in [0.2, 0.25) is 0 Å². The van der Waals surface area contributed by atoms with Gasteiger partial charge in [-0.25, -0.2) is 0 Å². The predicted octanol–water partition coefficient (Wildman–Crippen LogP) is 7.28. The molecular weight excluding hydrogens is 358 g/mol. The van der Waals surface area contributed by atoms with E-state index < -0.39 is 5.79 Å². The number of nitrogens with zero attached hydrogens (tertiary/aromatic N) is 1. The summed E-state index contributed by atoms with van der Waals surface area (Å²) in [6.45, 7) is 13.1. The van der Waals surface area contributed by atoms with E-state index in [1.54, 1.807) is 0 Å². The van der Waals surface area contributed by atoms with E-state index in [2.05, 4.69) is 50.9 Å². The van der Waals surface area contributed by atoms with E-state index in [4.69, 9.17) is 14.5 Å².